The molecule has 0 aliphatic rings. The number of fused-ring (bicyclic) bond motifs is 1. The number of carbonyl (C=O) groups is 2. The summed E-state index contributed by atoms with van der Waals surface area (Å²) in [7, 11) is 3.07. The number of hydrogen-bond acceptors (Lipinski definition) is 6. The number of rotatable bonds is 4. The SMILES string of the molecule is Cc1ccc(-c2cc(C(=O)NNC(=O)Cn3c(=O)c4c(ncn4C)n(C)c3=O)[nH]n2)cc1. The molecule has 0 fully saturated rings. The van der Waals surface area contributed by atoms with E-state index < -0.39 is 29.6 Å². The van der Waals surface area contributed by atoms with Gasteiger partial charge in [0.05, 0.1) is 12.0 Å². The molecule has 164 valence electrons. The maximum atomic E-state index is 12.6. The number of hydrogen-bond donors (Lipinski definition) is 3. The van der Waals surface area contributed by atoms with Crippen molar-refractivity contribution < 1.29 is 9.59 Å². The highest BCUT2D eigenvalue weighted by Gasteiger charge is 2.18. The van der Waals surface area contributed by atoms with Crippen molar-refractivity contribution in [2.75, 3.05) is 0 Å². The number of nitrogens with zero attached hydrogens (tertiary/aromatic N) is 5. The van der Waals surface area contributed by atoms with E-state index in [9.17, 15) is 19.2 Å². The molecule has 0 spiro atoms. The van der Waals surface area contributed by atoms with E-state index in [4.69, 9.17) is 0 Å². The number of hydrazine groups is 1. The molecular formula is C20H20N8O4. The highest BCUT2D eigenvalue weighted by molar-refractivity contribution is 5.94. The van der Waals surface area contributed by atoms with Crippen molar-refractivity contribution in [2.24, 2.45) is 14.1 Å². The third kappa shape index (κ3) is 3.69. The predicted octanol–water partition coefficient (Wildman–Crippen LogP) is -0.407. The lowest BCUT2D eigenvalue weighted by molar-refractivity contribution is -0.122. The van der Waals surface area contributed by atoms with Crippen LogP contribution in [0.4, 0.5) is 0 Å². The lowest BCUT2D eigenvalue weighted by Crippen LogP contribution is -2.48. The largest absolute Gasteiger partial charge is 0.332 e. The Hall–Kier alpha value is -4.48. The molecule has 0 aliphatic carbocycles. The summed E-state index contributed by atoms with van der Waals surface area (Å²) in [5.41, 5.74) is 6.12. The number of carbonyl (C=O) groups excluding carboxylic acids is 2. The van der Waals surface area contributed by atoms with E-state index in [0.717, 1.165) is 15.7 Å². The Labute approximate surface area is 180 Å². The molecule has 0 atom stereocenters. The minimum absolute atomic E-state index is 0.130. The standard InChI is InChI=1S/C20H20N8O4/c1-11-4-6-12(7-5-11)13-8-14(23-22-13)18(30)25-24-15(29)9-28-19(31)16-17(21-10-26(16)2)27(3)20(28)32/h4-8,10H,9H2,1-3H3,(H,22,23)(H,24,29)(H,25,30). The number of H-pyrrole nitrogens is 1. The van der Waals surface area contributed by atoms with Gasteiger partial charge < -0.3 is 4.57 Å². The summed E-state index contributed by atoms with van der Waals surface area (Å²) < 4.78 is 3.42. The lowest BCUT2D eigenvalue weighted by Gasteiger charge is -2.09. The molecule has 32 heavy (non-hydrogen) atoms. The number of amides is 2. The molecule has 0 bridgehead atoms. The number of imidazole rings is 1. The zero-order chi connectivity index (χ0) is 23.0. The van der Waals surface area contributed by atoms with Crippen LogP contribution in [-0.4, -0.2) is 40.7 Å². The van der Waals surface area contributed by atoms with Gasteiger partial charge in [0.25, 0.3) is 17.4 Å². The predicted molar refractivity (Wildman–Crippen MR) is 115 cm³/mol. The van der Waals surface area contributed by atoms with Crippen LogP contribution in [0, 0.1) is 6.92 Å². The van der Waals surface area contributed by atoms with Crippen LogP contribution in [0.2, 0.25) is 0 Å². The Morgan fingerprint density at radius 1 is 1.09 bits per heavy atom. The maximum absolute atomic E-state index is 12.6. The fraction of sp³-hybridized carbons (Fsp3) is 0.200. The molecule has 4 aromatic rings. The minimum Gasteiger partial charge on any atom is -0.328 e. The van der Waals surface area contributed by atoms with E-state index in [2.05, 4.69) is 26.0 Å². The van der Waals surface area contributed by atoms with E-state index in [1.807, 2.05) is 31.2 Å². The third-order valence-electron chi connectivity index (χ3n) is 4.99. The normalized spacial score (nSPS) is 11.0. The molecule has 3 heterocycles. The second-order valence-corrected chi connectivity index (χ2v) is 7.30. The Kier molecular flexibility index (Phi) is 5.18. The fourth-order valence-electron chi connectivity index (χ4n) is 3.22. The Morgan fingerprint density at radius 3 is 2.53 bits per heavy atom. The molecule has 3 aromatic heterocycles. The summed E-state index contributed by atoms with van der Waals surface area (Å²) in [5.74, 6) is -1.39. The zero-order valence-electron chi connectivity index (χ0n) is 17.5. The molecule has 1 aromatic carbocycles. The van der Waals surface area contributed by atoms with E-state index in [-0.39, 0.29) is 16.9 Å². The van der Waals surface area contributed by atoms with Crippen molar-refractivity contribution in [3.8, 4) is 11.3 Å². The van der Waals surface area contributed by atoms with Gasteiger partial charge >= 0.3 is 5.69 Å². The van der Waals surface area contributed by atoms with Gasteiger partial charge in [0.15, 0.2) is 11.2 Å². The molecule has 0 saturated carbocycles. The second-order valence-electron chi connectivity index (χ2n) is 7.30. The molecule has 3 N–H and O–H groups in total. The average Bonchev–Trinajstić information content (AvgIpc) is 3.41. The van der Waals surface area contributed by atoms with Crippen molar-refractivity contribution in [3.05, 3.63) is 68.8 Å². The van der Waals surface area contributed by atoms with Crippen LogP contribution >= 0.6 is 0 Å². The maximum Gasteiger partial charge on any atom is 0.332 e. The van der Waals surface area contributed by atoms with Crippen molar-refractivity contribution in [1.82, 2.24) is 39.7 Å². The summed E-state index contributed by atoms with van der Waals surface area (Å²) >= 11 is 0. The van der Waals surface area contributed by atoms with E-state index in [1.165, 1.54) is 22.5 Å². The molecule has 12 nitrogen and oxygen atoms in total. The lowest BCUT2D eigenvalue weighted by atomic mass is 10.1. The molecule has 4 rings (SSSR count). The Bertz CT molecular complexity index is 1460. The molecule has 2 amide bonds. The topological polar surface area (TPSA) is 149 Å². The molecule has 12 heteroatoms. The molecular weight excluding hydrogens is 416 g/mol. The summed E-state index contributed by atoms with van der Waals surface area (Å²) in [6, 6.07) is 9.17. The smallest absolute Gasteiger partial charge is 0.328 e. The number of aryl methyl sites for hydroxylation is 3. The van der Waals surface area contributed by atoms with E-state index >= 15 is 0 Å². The highest BCUT2D eigenvalue weighted by Crippen LogP contribution is 2.18. The van der Waals surface area contributed by atoms with Gasteiger partial charge in [-0.2, -0.15) is 5.10 Å². The van der Waals surface area contributed by atoms with Crippen LogP contribution in [0.25, 0.3) is 22.4 Å². The van der Waals surface area contributed by atoms with Gasteiger partial charge in [-0.25, -0.2) is 14.3 Å². The first-order valence-corrected chi connectivity index (χ1v) is 9.58. The summed E-state index contributed by atoms with van der Waals surface area (Å²) in [5, 5.41) is 6.71. The monoisotopic (exact) mass is 436 g/mol. The van der Waals surface area contributed by atoms with Crippen LogP contribution < -0.4 is 22.1 Å². The number of benzene rings is 1. The van der Waals surface area contributed by atoms with Gasteiger partial charge in [0.1, 0.15) is 12.2 Å². The quantitative estimate of drug-likeness (QED) is 0.371. The number of nitrogens with one attached hydrogen (secondary N) is 3. The van der Waals surface area contributed by atoms with E-state index in [1.54, 1.807) is 13.1 Å². The van der Waals surface area contributed by atoms with Crippen molar-refractivity contribution in [2.45, 2.75) is 13.5 Å². The van der Waals surface area contributed by atoms with Gasteiger partial charge in [0, 0.05) is 19.7 Å². The first-order chi connectivity index (χ1) is 15.3. The summed E-state index contributed by atoms with van der Waals surface area (Å²) in [4.78, 5) is 53.8. The molecule has 0 unspecified atom stereocenters. The van der Waals surface area contributed by atoms with Gasteiger partial charge in [0.2, 0.25) is 0 Å². The van der Waals surface area contributed by atoms with E-state index in [0.29, 0.717) is 5.69 Å². The summed E-state index contributed by atoms with van der Waals surface area (Å²) in [6.07, 6.45) is 1.41. The van der Waals surface area contributed by atoms with Crippen LogP contribution in [0.3, 0.4) is 0 Å². The molecule has 0 radical (unpaired) electrons. The second kappa shape index (κ2) is 7.98. The van der Waals surface area contributed by atoms with Crippen LogP contribution in [-0.2, 0) is 25.4 Å². The minimum atomic E-state index is -0.752. The van der Waals surface area contributed by atoms with Crippen LogP contribution in [0.5, 0.6) is 0 Å². The van der Waals surface area contributed by atoms with Crippen molar-refractivity contribution in [3.63, 3.8) is 0 Å². The van der Waals surface area contributed by atoms with Crippen LogP contribution in [0.1, 0.15) is 16.1 Å². The molecule has 0 aliphatic heterocycles. The van der Waals surface area contributed by atoms with Crippen molar-refractivity contribution in [1.29, 1.82) is 0 Å². The van der Waals surface area contributed by atoms with Crippen LogP contribution in [0.15, 0.2) is 46.2 Å². The van der Waals surface area contributed by atoms with Gasteiger partial charge in [-0.3, -0.25) is 34.9 Å². The summed E-state index contributed by atoms with van der Waals surface area (Å²) in [6.45, 7) is 1.39. The number of aromatic amines is 1. The molecule has 0 saturated heterocycles. The van der Waals surface area contributed by atoms with Gasteiger partial charge in [-0.1, -0.05) is 29.8 Å². The third-order valence-corrected chi connectivity index (χ3v) is 4.99. The zero-order valence-corrected chi connectivity index (χ0v) is 17.5. The van der Waals surface area contributed by atoms with Crippen molar-refractivity contribution >= 4 is 23.0 Å². The highest BCUT2D eigenvalue weighted by atomic mass is 16.2. The van der Waals surface area contributed by atoms with Gasteiger partial charge in [-0.15, -0.1) is 0 Å². The first kappa shape index (κ1) is 20.8. The Morgan fingerprint density at radius 2 is 1.81 bits per heavy atom. The first-order valence-electron chi connectivity index (χ1n) is 9.58. The van der Waals surface area contributed by atoms with Gasteiger partial charge in [-0.05, 0) is 13.0 Å². The average molecular weight is 436 g/mol. The fourth-order valence-corrected chi connectivity index (χ4v) is 3.22. The Balaban J connectivity index is 1.45. The number of aromatic nitrogens is 6.